The summed E-state index contributed by atoms with van der Waals surface area (Å²) in [7, 11) is 0. The van der Waals surface area contributed by atoms with Crippen LogP contribution in [0.2, 0.25) is 0 Å². The third kappa shape index (κ3) is 3.55. The molecule has 1 aliphatic rings. The van der Waals surface area contributed by atoms with Crippen molar-refractivity contribution in [2.75, 3.05) is 13.1 Å². The van der Waals surface area contributed by atoms with Crippen LogP contribution in [0.1, 0.15) is 23.3 Å². The smallest absolute Gasteiger partial charge is 0.356 e. The first kappa shape index (κ1) is 14.5. The Morgan fingerprint density at radius 2 is 2.35 bits per heavy atom. The highest BCUT2D eigenvalue weighted by Gasteiger charge is 2.29. The van der Waals surface area contributed by atoms with Crippen LogP contribution >= 0.6 is 0 Å². The average molecular weight is 282 g/mol. The molecule has 8 heteroatoms. The maximum atomic E-state index is 11.8. The molecule has 2 atom stereocenters. The van der Waals surface area contributed by atoms with Gasteiger partial charge in [0, 0.05) is 25.8 Å². The van der Waals surface area contributed by atoms with E-state index in [1.807, 2.05) is 0 Å². The lowest BCUT2D eigenvalue weighted by Crippen LogP contribution is -2.37. The normalized spacial score (nSPS) is 21.9. The van der Waals surface area contributed by atoms with E-state index in [0.29, 0.717) is 26.1 Å². The van der Waals surface area contributed by atoms with E-state index in [0.717, 1.165) is 6.42 Å². The van der Waals surface area contributed by atoms with Crippen LogP contribution in [0.25, 0.3) is 0 Å². The molecule has 0 saturated carbocycles. The zero-order valence-corrected chi connectivity index (χ0v) is 11.0. The topological polar surface area (TPSA) is 119 Å². The molecule has 0 bridgehead atoms. The van der Waals surface area contributed by atoms with Crippen LogP contribution in [0, 0.1) is 0 Å². The predicted molar refractivity (Wildman–Crippen MR) is 69.1 cm³/mol. The van der Waals surface area contributed by atoms with Gasteiger partial charge in [-0.2, -0.15) is 0 Å². The molecule has 1 aliphatic heterocycles. The molecule has 0 aromatic carbocycles. The summed E-state index contributed by atoms with van der Waals surface area (Å²) >= 11 is 0. The minimum atomic E-state index is -1.07. The van der Waals surface area contributed by atoms with Crippen molar-refractivity contribution in [1.29, 1.82) is 0 Å². The van der Waals surface area contributed by atoms with Gasteiger partial charge in [0.1, 0.15) is 6.10 Å². The molecule has 1 amide bonds. The van der Waals surface area contributed by atoms with Crippen LogP contribution in [0.5, 0.6) is 0 Å². The number of ether oxygens (including phenoxy) is 1. The molecule has 0 radical (unpaired) electrons. The molecule has 1 saturated heterocycles. The molecule has 2 rings (SSSR count). The van der Waals surface area contributed by atoms with Crippen molar-refractivity contribution in [2.24, 2.45) is 5.73 Å². The highest BCUT2D eigenvalue weighted by atomic mass is 16.5. The van der Waals surface area contributed by atoms with Gasteiger partial charge in [-0.15, -0.1) is 0 Å². The lowest BCUT2D eigenvalue weighted by molar-refractivity contribution is -0.131. The molecular weight excluding hydrogens is 264 g/mol. The van der Waals surface area contributed by atoms with E-state index in [-0.39, 0.29) is 17.7 Å². The fourth-order valence-corrected chi connectivity index (χ4v) is 2.09. The van der Waals surface area contributed by atoms with E-state index in [2.05, 4.69) is 10.3 Å². The van der Waals surface area contributed by atoms with E-state index in [9.17, 15) is 9.59 Å². The van der Waals surface area contributed by atoms with Gasteiger partial charge < -0.3 is 25.5 Å². The second-order valence-electron chi connectivity index (χ2n) is 4.65. The second kappa shape index (κ2) is 6.49. The maximum absolute atomic E-state index is 11.8. The fourth-order valence-electron chi connectivity index (χ4n) is 2.09. The Bertz CT molecular complexity index is 488. The van der Waals surface area contributed by atoms with E-state index < -0.39 is 12.1 Å². The lowest BCUT2D eigenvalue weighted by atomic mass is 10.2. The SMILES string of the molecule is NCC1CCC(C(=O)NCCn2cnc(C(=O)O)c2)O1. The predicted octanol–water partition coefficient (Wildman–Crippen LogP) is -0.796. The number of carbonyl (C=O) groups is 2. The van der Waals surface area contributed by atoms with Crippen LogP contribution in [0.4, 0.5) is 0 Å². The molecule has 1 aromatic heterocycles. The largest absolute Gasteiger partial charge is 0.476 e. The summed E-state index contributed by atoms with van der Waals surface area (Å²) in [6.45, 7) is 1.28. The van der Waals surface area contributed by atoms with E-state index in [1.54, 1.807) is 4.57 Å². The molecule has 2 heterocycles. The molecule has 2 unspecified atom stereocenters. The first-order valence-corrected chi connectivity index (χ1v) is 6.48. The maximum Gasteiger partial charge on any atom is 0.356 e. The number of carbonyl (C=O) groups excluding carboxylic acids is 1. The number of carboxylic acid groups (broad SMARTS) is 1. The molecule has 20 heavy (non-hydrogen) atoms. The summed E-state index contributed by atoms with van der Waals surface area (Å²) in [6, 6.07) is 0. The third-order valence-electron chi connectivity index (χ3n) is 3.18. The second-order valence-corrected chi connectivity index (χ2v) is 4.65. The summed E-state index contributed by atoms with van der Waals surface area (Å²) in [4.78, 5) is 26.2. The zero-order valence-electron chi connectivity index (χ0n) is 11.0. The molecular formula is C12H18N4O4. The summed E-state index contributed by atoms with van der Waals surface area (Å²) in [6.07, 6.45) is 3.87. The van der Waals surface area contributed by atoms with Gasteiger partial charge in [0.05, 0.1) is 12.4 Å². The number of amides is 1. The van der Waals surface area contributed by atoms with Gasteiger partial charge in [-0.3, -0.25) is 4.79 Å². The number of nitrogens with one attached hydrogen (secondary N) is 1. The Morgan fingerprint density at radius 3 is 2.95 bits per heavy atom. The van der Waals surface area contributed by atoms with Crippen LogP contribution in [0.3, 0.4) is 0 Å². The Morgan fingerprint density at radius 1 is 1.55 bits per heavy atom. The first-order valence-electron chi connectivity index (χ1n) is 6.48. The molecule has 4 N–H and O–H groups in total. The van der Waals surface area contributed by atoms with Gasteiger partial charge in [-0.25, -0.2) is 9.78 Å². The van der Waals surface area contributed by atoms with Gasteiger partial charge in [-0.05, 0) is 12.8 Å². The van der Waals surface area contributed by atoms with Crippen LogP contribution < -0.4 is 11.1 Å². The molecule has 0 spiro atoms. The van der Waals surface area contributed by atoms with Crippen molar-refractivity contribution in [3.05, 3.63) is 18.2 Å². The van der Waals surface area contributed by atoms with E-state index in [4.69, 9.17) is 15.6 Å². The number of nitrogens with two attached hydrogens (primary N) is 1. The Labute approximate surface area is 115 Å². The number of hydrogen-bond acceptors (Lipinski definition) is 5. The standard InChI is InChI=1S/C12H18N4O4/c13-5-8-1-2-10(20-8)11(17)14-3-4-16-6-9(12(18)19)15-7-16/h6-8,10H,1-5,13H2,(H,14,17)(H,18,19). The number of nitrogens with zero attached hydrogens (tertiary/aromatic N) is 2. The van der Waals surface area contributed by atoms with Crippen molar-refractivity contribution in [3.63, 3.8) is 0 Å². The first-order chi connectivity index (χ1) is 9.60. The quantitative estimate of drug-likeness (QED) is 0.628. The minimum Gasteiger partial charge on any atom is -0.476 e. The van der Waals surface area contributed by atoms with Crippen molar-refractivity contribution >= 4 is 11.9 Å². The van der Waals surface area contributed by atoms with E-state index in [1.165, 1.54) is 12.5 Å². The van der Waals surface area contributed by atoms with Crippen molar-refractivity contribution in [1.82, 2.24) is 14.9 Å². The van der Waals surface area contributed by atoms with Gasteiger partial charge >= 0.3 is 5.97 Å². The molecule has 0 aliphatic carbocycles. The average Bonchev–Trinajstić information content (AvgIpc) is 3.07. The highest BCUT2D eigenvalue weighted by molar-refractivity contribution is 5.84. The monoisotopic (exact) mass is 282 g/mol. The van der Waals surface area contributed by atoms with Crippen molar-refractivity contribution in [2.45, 2.75) is 31.6 Å². The van der Waals surface area contributed by atoms with Crippen LogP contribution in [-0.4, -0.2) is 51.8 Å². The summed E-state index contributed by atoms with van der Waals surface area (Å²) in [5.74, 6) is -1.22. The zero-order chi connectivity index (χ0) is 14.5. The number of aromatic carboxylic acids is 1. The third-order valence-corrected chi connectivity index (χ3v) is 3.18. The molecule has 1 aromatic rings. The van der Waals surface area contributed by atoms with Gasteiger partial charge in [0.2, 0.25) is 5.91 Å². The van der Waals surface area contributed by atoms with Crippen molar-refractivity contribution < 1.29 is 19.4 Å². The molecule has 8 nitrogen and oxygen atoms in total. The molecule has 1 fully saturated rings. The summed E-state index contributed by atoms with van der Waals surface area (Å²) in [5, 5.41) is 11.5. The Kier molecular flexibility index (Phi) is 4.70. The fraction of sp³-hybridized carbons (Fsp3) is 0.583. The molecule has 110 valence electrons. The number of carboxylic acids is 1. The minimum absolute atomic E-state index is 0.0127. The summed E-state index contributed by atoms with van der Waals surface area (Å²) < 4.78 is 7.09. The lowest BCUT2D eigenvalue weighted by Gasteiger charge is -2.12. The van der Waals surface area contributed by atoms with E-state index >= 15 is 0 Å². The van der Waals surface area contributed by atoms with Crippen LogP contribution in [-0.2, 0) is 16.1 Å². The number of rotatable bonds is 6. The van der Waals surface area contributed by atoms with Gasteiger partial charge in [0.15, 0.2) is 5.69 Å². The Balaban J connectivity index is 1.72. The Hall–Kier alpha value is -1.93. The number of hydrogen-bond donors (Lipinski definition) is 3. The van der Waals surface area contributed by atoms with Crippen LogP contribution in [0.15, 0.2) is 12.5 Å². The highest BCUT2D eigenvalue weighted by Crippen LogP contribution is 2.18. The summed E-state index contributed by atoms with van der Waals surface area (Å²) in [5.41, 5.74) is 5.47. The van der Waals surface area contributed by atoms with Crippen molar-refractivity contribution in [3.8, 4) is 0 Å². The van der Waals surface area contributed by atoms with Gasteiger partial charge in [-0.1, -0.05) is 0 Å². The van der Waals surface area contributed by atoms with Gasteiger partial charge in [0.25, 0.3) is 0 Å². The number of imidazole rings is 1. The number of aromatic nitrogens is 2.